The molecule has 2 rings (SSSR count). The van der Waals surface area contributed by atoms with Gasteiger partial charge in [0, 0.05) is 39.3 Å². The van der Waals surface area contributed by atoms with E-state index in [2.05, 4.69) is 52.7 Å². The van der Waals surface area contributed by atoms with Crippen LogP contribution in [0.1, 0.15) is 52.9 Å². The second kappa shape index (κ2) is 13.1. The Morgan fingerprint density at radius 1 is 0.889 bits per heavy atom. The molecular formula is C22H47N5. The van der Waals surface area contributed by atoms with Gasteiger partial charge in [-0.2, -0.15) is 0 Å². The Kier molecular flexibility index (Phi) is 11.2. The summed E-state index contributed by atoms with van der Waals surface area (Å²) in [5.41, 5.74) is 0. The van der Waals surface area contributed by atoms with Gasteiger partial charge in [0.2, 0.25) is 0 Å². The molecule has 0 radical (unpaired) electrons. The van der Waals surface area contributed by atoms with E-state index >= 15 is 0 Å². The molecule has 5 heteroatoms. The van der Waals surface area contributed by atoms with Gasteiger partial charge in [-0.15, -0.1) is 0 Å². The molecule has 0 aromatic rings. The van der Waals surface area contributed by atoms with E-state index in [9.17, 15) is 0 Å². The van der Waals surface area contributed by atoms with Crippen LogP contribution in [0.15, 0.2) is 0 Å². The third-order valence-electron chi connectivity index (χ3n) is 6.14. The normalized spacial score (nSPS) is 18.8. The Labute approximate surface area is 169 Å². The lowest BCUT2D eigenvalue weighted by atomic mass is 10.0. The van der Waals surface area contributed by atoms with Gasteiger partial charge in [0.15, 0.2) is 0 Å². The van der Waals surface area contributed by atoms with Crippen molar-refractivity contribution in [3.05, 3.63) is 0 Å². The maximum absolute atomic E-state index is 3.71. The molecule has 5 nitrogen and oxygen atoms in total. The third kappa shape index (κ3) is 10.2. The Morgan fingerprint density at radius 2 is 1.56 bits per heavy atom. The van der Waals surface area contributed by atoms with Gasteiger partial charge in [-0.25, -0.2) is 0 Å². The number of unbranched alkanes of at least 4 members (excludes halogenated alkanes) is 1. The number of hydrogen-bond acceptors (Lipinski definition) is 5. The molecule has 0 saturated carbocycles. The maximum atomic E-state index is 3.71. The zero-order chi connectivity index (χ0) is 19.5. The predicted octanol–water partition coefficient (Wildman–Crippen LogP) is 2.39. The summed E-state index contributed by atoms with van der Waals surface area (Å²) < 4.78 is 0. The van der Waals surface area contributed by atoms with E-state index in [1.165, 1.54) is 97.6 Å². The smallest absolute Gasteiger partial charge is 0.0624 e. The third-order valence-corrected chi connectivity index (χ3v) is 6.14. The van der Waals surface area contributed by atoms with Crippen molar-refractivity contribution >= 4 is 0 Å². The molecule has 27 heavy (non-hydrogen) atoms. The fraction of sp³-hybridized carbons (Fsp3) is 1.00. The highest BCUT2D eigenvalue weighted by Crippen LogP contribution is 2.25. The summed E-state index contributed by atoms with van der Waals surface area (Å²) in [5.74, 6) is 0.788. The summed E-state index contributed by atoms with van der Waals surface area (Å²) in [6, 6.07) is 0. The maximum Gasteiger partial charge on any atom is 0.0624 e. The van der Waals surface area contributed by atoms with Crippen molar-refractivity contribution in [2.75, 3.05) is 79.0 Å². The molecule has 0 aromatic heterocycles. The molecule has 2 saturated heterocycles. The number of rotatable bonds is 18. The average Bonchev–Trinajstić information content (AvgIpc) is 3.54. The molecule has 2 heterocycles. The molecule has 1 unspecified atom stereocenters. The Bertz CT molecular complexity index is 358. The van der Waals surface area contributed by atoms with Crippen LogP contribution < -0.4 is 5.32 Å². The van der Waals surface area contributed by atoms with Gasteiger partial charge >= 0.3 is 0 Å². The minimum atomic E-state index is 0.763. The Morgan fingerprint density at radius 3 is 2.15 bits per heavy atom. The highest BCUT2D eigenvalue weighted by atomic mass is 15.5. The Balaban J connectivity index is 1.45. The number of nitrogens with one attached hydrogen (secondary N) is 1. The molecule has 160 valence electrons. The van der Waals surface area contributed by atoms with Crippen molar-refractivity contribution in [3.8, 4) is 0 Å². The van der Waals surface area contributed by atoms with Crippen molar-refractivity contribution in [1.29, 1.82) is 0 Å². The number of nitrogens with zero attached hydrogens (tertiary/aromatic N) is 4. The van der Waals surface area contributed by atoms with Crippen LogP contribution in [0, 0.1) is 5.92 Å². The fourth-order valence-corrected chi connectivity index (χ4v) is 4.07. The number of hydrogen-bond donors (Lipinski definition) is 1. The molecule has 2 aliphatic rings. The first-order valence-electron chi connectivity index (χ1n) is 11.7. The summed E-state index contributed by atoms with van der Waals surface area (Å²) in [6.45, 7) is 20.7. The average molecular weight is 382 g/mol. The van der Waals surface area contributed by atoms with Crippen molar-refractivity contribution in [3.63, 3.8) is 0 Å². The van der Waals surface area contributed by atoms with E-state index in [0.717, 1.165) is 18.6 Å². The van der Waals surface area contributed by atoms with Crippen LogP contribution in [0.4, 0.5) is 0 Å². The largest absolute Gasteiger partial charge is 0.315 e. The summed E-state index contributed by atoms with van der Waals surface area (Å²) in [6.07, 6.45) is 7.39. The first-order valence-corrected chi connectivity index (χ1v) is 11.7. The standard InChI is InChI=1S/C22H47N5/c1-5-12-24(4)13-7-8-14-25(6-2)15-11-23-20-21(3)9-10-22(26-16-17-26)27-18-19-27/h21-23H,5-20H2,1-4H3. The van der Waals surface area contributed by atoms with Crippen molar-refractivity contribution in [2.24, 2.45) is 5.92 Å². The first-order chi connectivity index (χ1) is 13.1. The van der Waals surface area contributed by atoms with Crippen LogP contribution in [0.3, 0.4) is 0 Å². The van der Waals surface area contributed by atoms with Gasteiger partial charge in [0.1, 0.15) is 0 Å². The van der Waals surface area contributed by atoms with Crippen molar-refractivity contribution < 1.29 is 0 Å². The zero-order valence-electron chi connectivity index (χ0n) is 18.8. The first kappa shape index (κ1) is 23.1. The summed E-state index contributed by atoms with van der Waals surface area (Å²) >= 11 is 0. The van der Waals surface area contributed by atoms with Gasteiger partial charge in [-0.3, -0.25) is 9.80 Å². The molecule has 0 aromatic carbocycles. The molecule has 1 atom stereocenters. The van der Waals surface area contributed by atoms with E-state index in [1.54, 1.807) is 0 Å². The van der Waals surface area contributed by atoms with E-state index in [0.29, 0.717) is 0 Å². The lowest BCUT2D eigenvalue weighted by Crippen LogP contribution is -2.35. The summed E-state index contributed by atoms with van der Waals surface area (Å²) in [7, 11) is 2.25. The molecular weight excluding hydrogens is 334 g/mol. The van der Waals surface area contributed by atoms with E-state index in [-0.39, 0.29) is 0 Å². The van der Waals surface area contributed by atoms with Crippen molar-refractivity contribution in [1.82, 2.24) is 24.9 Å². The topological polar surface area (TPSA) is 24.5 Å². The van der Waals surface area contributed by atoms with Crippen LogP contribution in [-0.4, -0.2) is 105 Å². The van der Waals surface area contributed by atoms with Gasteiger partial charge in [0.25, 0.3) is 0 Å². The summed E-state index contributed by atoms with van der Waals surface area (Å²) in [5, 5.41) is 3.71. The van der Waals surface area contributed by atoms with Crippen molar-refractivity contribution in [2.45, 2.75) is 59.0 Å². The summed E-state index contributed by atoms with van der Waals surface area (Å²) in [4.78, 5) is 10.3. The van der Waals surface area contributed by atoms with Gasteiger partial charge in [-0.05, 0) is 77.8 Å². The predicted molar refractivity (Wildman–Crippen MR) is 117 cm³/mol. The lowest BCUT2D eigenvalue weighted by molar-refractivity contribution is 0.217. The number of likely N-dealkylation sites (N-methyl/N-ethyl adjacent to an activating group) is 1. The van der Waals surface area contributed by atoms with Crippen LogP contribution >= 0.6 is 0 Å². The fourth-order valence-electron chi connectivity index (χ4n) is 4.07. The lowest BCUT2D eigenvalue weighted by Gasteiger charge is -2.23. The monoisotopic (exact) mass is 381 g/mol. The minimum Gasteiger partial charge on any atom is -0.315 e. The van der Waals surface area contributed by atoms with Crippen LogP contribution in [0.25, 0.3) is 0 Å². The van der Waals surface area contributed by atoms with E-state index < -0.39 is 0 Å². The SMILES string of the molecule is CCCN(C)CCCCN(CC)CCNCC(C)CCC(N1CC1)N1CC1. The second-order valence-corrected chi connectivity index (χ2v) is 8.88. The highest BCUT2D eigenvalue weighted by Gasteiger charge is 2.36. The minimum absolute atomic E-state index is 0.763. The zero-order valence-corrected chi connectivity index (χ0v) is 18.8. The molecule has 0 spiro atoms. The van der Waals surface area contributed by atoms with Gasteiger partial charge in [0.05, 0.1) is 6.17 Å². The molecule has 0 bridgehead atoms. The van der Waals surface area contributed by atoms with Crippen LogP contribution in [0.5, 0.6) is 0 Å². The Hall–Kier alpha value is -0.200. The van der Waals surface area contributed by atoms with E-state index in [4.69, 9.17) is 0 Å². The van der Waals surface area contributed by atoms with Gasteiger partial charge in [-0.1, -0.05) is 20.8 Å². The molecule has 1 N–H and O–H groups in total. The van der Waals surface area contributed by atoms with Crippen LogP contribution in [0.2, 0.25) is 0 Å². The molecule has 0 aliphatic carbocycles. The molecule has 2 fully saturated rings. The van der Waals surface area contributed by atoms with Gasteiger partial charge < -0.3 is 15.1 Å². The molecule has 2 aliphatic heterocycles. The van der Waals surface area contributed by atoms with Crippen LogP contribution in [-0.2, 0) is 0 Å². The van der Waals surface area contributed by atoms with E-state index in [1.807, 2.05) is 0 Å². The molecule has 0 amide bonds. The second-order valence-electron chi connectivity index (χ2n) is 8.88. The highest BCUT2D eigenvalue weighted by molar-refractivity contribution is 4.89. The quantitative estimate of drug-likeness (QED) is 0.290.